The van der Waals surface area contributed by atoms with Gasteiger partial charge in [0.2, 0.25) is 11.9 Å². The van der Waals surface area contributed by atoms with Crippen LogP contribution in [0.3, 0.4) is 0 Å². The lowest BCUT2D eigenvalue weighted by Crippen LogP contribution is -2.07. The van der Waals surface area contributed by atoms with E-state index in [2.05, 4.69) is 37.0 Å². The van der Waals surface area contributed by atoms with Crippen LogP contribution < -0.4 is 11.1 Å². The SMILES string of the molecule is C=CCn1cnnc1SCc1nc(N)nc(Nc2ccc(C)cc2)n1. The Labute approximate surface area is 149 Å². The van der Waals surface area contributed by atoms with Crippen LogP contribution in [0.15, 0.2) is 48.4 Å². The van der Waals surface area contributed by atoms with Crippen molar-refractivity contribution in [1.29, 1.82) is 0 Å². The number of rotatable bonds is 7. The molecule has 2 heterocycles. The lowest BCUT2D eigenvalue weighted by atomic mass is 10.2. The Bertz CT molecular complexity index is 859. The van der Waals surface area contributed by atoms with Crippen molar-refractivity contribution >= 4 is 29.3 Å². The molecule has 0 aliphatic rings. The zero-order valence-electron chi connectivity index (χ0n) is 13.8. The number of nitrogens with zero attached hydrogens (tertiary/aromatic N) is 6. The standard InChI is InChI=1S/C16H18N8S/c1-3-8-24-10-18-23-16(24)25-9-13-20-14(17)22-15(21-13)19-12-6-4-11(2)5-7-12/h3-7,10H,1,8-9H2,2H3,(H3,17,19,20,21,22). The van der Waals surface area contributed by atoms with Crippen LogP contribution in [0, 0.1) is 6.92 Å². The fourth-order valence-corrected chi connectivity index (χ4v) is 2.85. The number of anilines is 3. The van der Waals surface area contributed by atoms with Crippen LogP contribution >= 0.6 is 11.8 Å². The summed E-state index contributed by atoms with van der Waals surface area (Å²) in [6.45, 7) is 6.40. The molecule has 0 unspecified atom stereocenters. The molecule has 9 heteroatoms. The van der Waals surface area contributed by atoms with E-state index in [1.165, 1.54) is 17.3 Å². The van der Waals surface area contributed by atoms with Crippen LogP contribution in [0.1, 0.15) is 11.4 Å². The predicted octanol–water partition coefficient (Wildman–Crippen LogP) is 2.58. The molecule has 3 aromatic rings. The van der Waals surface area contributed by atoms with Crippen molar-refractivity contribution in [3.63, 3.8) is 0 Å². The van der Waals surface area contributed by atoms with Crippen molar-refractivity contribution in [2.45, 2.75) is 24.4 Å². The van der Waals surface area contributed by atoms with Gasteiger partial charge in [0, 0.05) is 12.2 Å². The van der Waals surface area contributed by atoms with E-state index in [1.807, 2.05) is 35.8 Å². The number of benzene rings is 1. The highest BCUT2D eigenvalue weighted by atomic mass is 32.2. The van der Waals surface area contributed by atoms with Gasteiger partial charge in [0.15, 0.2) is 5.16 Å². The van der Waals surface area contributed by atoms with E-state index in [4.69, 9.17) is 5.73 Å². The molecule has 0 fully saturated rings. The number of hydrogen-bond donors (Lipinski definition) is 2. The average Bonchev–Trinajstić information content (AvgIpc) is 3.02. The van der Waals surface area contributed by atoms with Gasteiger partial charge in [-0.15, -0.1) is 16.8 Å². The number of nitrogen functional groups attached to an aromatic ring is 1. The summed E-state index contributed by atoms with van der Waals surface area (Å²) in [5.74, 6) is 1.66. The maximum Gasteiger partial charge on any atom is 0.232 e. The minimum atomic E-state index is 0.174. The second-order valence-electron chi connectivity index (χ2n) is 5.27. The fraction of sp³-hybridized carbons (Fsp3) is 0.188. The molecule has 0 aliphatic heterocycles. The number of allylic oxidation sites excluding steroid dienone is 1. The highest BCUT2D eigenvalue weighted by molar-refractivity contribution is 7.98. The first-order chi connectivity index (χ1) is 12.1. The summed E-state index contributed by atoms with van der Waals surface area (Å²) in [6.07, 6.45) is 3.45. The summed E-state index contributed by atoms with van der Waals surface area (Å²) in [7, 11) is 0. The molecule has 0 aliphatic carbocycles. The normalized spacial score (nSPS) is 10.6. The number of hydrogen-bond acceptors (Lipinski definition) is 8. The van der Waals surface area contributed by atoms with Gasteiger partial charge in [0.25, 0.3) is 0 Å². The Kier molecular flexibility index (Phi) is 5.24. The molecule has 25 heavy (non-hydrogen) atoms. The Morgan fingerprint density at radius 1 is 1.24 bits per heavy atom. The molecule has 3 rings (SSSR count). The van der Waals surface area contributed by atoms with Crippen LogP contribution in [0.4, 0.5) is 17.6 Å². The Hall–Kier alpha value is -2.94. The number of aryl methyl sites for hydroxylation is 1. The van der Waals surface area contributed by atoms with Gasteiger partial charge in [0.1, 0.15) is 12.2 Å². The van der Waals surface area contributed by atoms with E-state index in [0.29, 0.717) is 24.1 Å². The second-order valence-corrected chi connectivity index (χ2v) is 6.21. The van der Waals surface area contributed by atoms with E-state index in [-0.39, 0.29) is 5.95 Å². The van der Waals surface area contributed by atoms with Gasteiger partial charge >= 0.3 is 0 Å². The molecule has 0 spiro atoms. The largest absolute Gasteiger partial charge is 0.368 e. The average molecular weight is 354 g/mol. The molecule has 1 aromatic carbocycles. The highest BCUT2D eigenvalue weighted by Gasteiger charge is 2.09. The van der Waals surface area contributed by atoms with Gasteiger partial charge in [-0.1, -0.05) is 35.5 Å². The fourth-order valence-electron chi connectivity index (χ4n) is 2.07. The number of nitrogens with one attached hydrogen (secondary N) is 1. The molecule has 0 amide bonds. The van der Waals surface area contributed by atoms with Crippen LogP contribution in [-0.2, 0) is 12.3 Å². The van der Waals surface area contributed by atoms with Crippen LogP contribution in [-0.4, -0.2) is 29.7 Å². The van der Waals surface area contributed by atoms with Crippen molar-refractivity contribution < 1.29 is 0 Å². The van der Waals surface area contributed by atoms with E-state index in [9.17, 15) is 0 Å². The third-order valence-electron chi connectivity index (χ3n) is 3.24. The Morgan fingerprint density at radius 3 is 2.80 bits per heavy atom. The minimum Gasteiger partial charge on any atom is -0.368 e. The van der Waals surface area contributed by atoms with Gasteiger partial charge in [0.05, 0.1) is 5.75 Å². The minimum absolute atomic E-state index is 0.174. The van der Waals surface area contributed by atoms with Gasteiger partial charge in [-0.25, -0.2) is 0 Å². The first-order valence-electron chi connectivity index (χ1n) is 7.59. The monoisotopic (exact) mass is 354 g/mol. The number of thioether (sulfide) groups is 1. The predicted molar refractivity (Wildman–Crippen MR) is 98.5 cm³/mol. The molecule has 8 nitrogen and oxygen atoms in total. The number of aromatic nitrogens is 6. The third-order valence-corrected chi connectivity index (χ3v) is 4.22. The van der Waals surface area contributed by atoms with Crippen molar-refractivity contribution in [3.05, 3.63) is 54.6 Å². The molecule has 0 saturated carbocycles. The van der Waals surface area contributed by atoms with E-state index >= 15 is 0 Å². The van der Waals surface area contributed by atoms with Gasteiger partial charge in [-0.05, 0) is 19.1 Å². The van der Waals surface area contributed by atoms with Gasteiger partial charge < -0.3 is 15.6 Å². The summed E-state index contributed by atoms with van der Waals surface area (Å²) in [5, 5.41) is 11.9. The topological polar surface area (TPSA) is 107 Å². The zero-order chi connectivity index (χ0) is 17.6. The molecular weight excluding hydrogens is 336 g/mol. The number of nitrogens with two attached hydrogens (primary N) is 1. The first-order valence-corrected chi connectivity index (χ1v) is 8.58. The molecule has 128 valence electrons. The Morgan fingerprint density at radius 2 is 2.04 bits per heavy atom. The zero-order valence-corrected chi connectivity index (χ0v) is 14.6. The van der Waals surface area contributed by atoms with Crippen LogP contribution in [0.25, 0.3) is 0 Å². The van der Waals surface area contributed by atoms with Gasteiger partial charge in [-0.2, -0.15) is 15.0 Å². The summed E-state index contributed by atoms with van der Waals surface area (Å²) >= 11 is 1.48. The van der Waals surface area contributed by atoms with Crippen molar-refractivity contribution in [3.8, 4) is 0 Å². The summed E-state index contributed by atoms with van der Waals surface area (Å²) in [4.78, 5) is 12.7. The summed E-state index contributed by atoms with van der Waals surface area (Å²) < 4.78 is 1.90. The van der Waals surface area contributed by atoms with Crippen LogP contribution in [0.2, 0.25) is 0 Å². The summed E-state index contributed by atoms with van der Waals surface area (Å²) in [6, 6.07) is 7.94. The van der Waals surface area contributed by atoms with Gasteiger partial charge in [-0.3, -0.25) is 0 Å². The lowest BCUT2D eigenvalue weighted by molar-refractivity contribution is 0.724. The molecule has 2 aromatic heterocycles. The molecular formula is C16H18N8S. The maximum absolute atomic E-state index is 5.81. The van der Waals surface area contributed by atoms with E-state index in [0.717, 1.165) is 10.8 Å². The third kappa shape index (κ3) is 4.54. The Balaban J connectivity index is 1.71. The first kappa shape index (κ1) is 16.9. The molecule has 0 radical (unpaired) electrons. The van der Waals surface area contributed by atoms with Crippen molar-refractivity contribution in [2.75, 3.05) is 11.1 Å². The highest BCUT2D eigenvalue weighted by Crippen LogP contribution is 2.20. The molecule has 0 bridgehead atoms. The van der Waals surface area contributed by atoms with Crippen LogP contribution in [0.5, 0.6) is 0 Å². The van der Waals surface area contributed by atoms with E-state index < -0.39 is 0 Å². The smallest absolute Gasteiger partial charge is 0.232 e. The van der Waals surface area contributed by atoms with Crippen molar-refractivity contribution in [2.24, 2.45) is 0 Å². The molecule has 3 N–H and O–H groups in total. The quantitative estimate of drug-likeness (QED) is 0.492. The van der Waals surface area contributed by atoms with E-state index in [1.54, 1.807) is 12.4 Å². The molecule has 0 atom stereocenters. The molecule has 0 saturated heterocycles. The maximum atomic E-state index is 5.81. The lowest BCUT2D eigenvalue weighted by Gasteiger charge is -2.08. The van der Waals surface area contributed by atoms with Crippen molar-refractivity contribution in [1.82, 2.24) is 29.7 Å². The summed E-state index contributed by atoms with van der Waals surface area (Å²) in [5.41, 5.74) is 7.88. The second kappa shape index (κ2) is 7.75.